The molecule has 0 saturated heterocycles. The van der Waals surface area contributed by atoms with Crippen molar-refractivity contribution in [1.82, 2.24) is 5.32 Å². The molecule has 102 valence electrons. The predicted octanol–water partition coefficient (Wildman–Crippen LogP) is 2.37. The molecule has 3 nitrogen and oxygen atoms in total. The van der Waals surface area contributed by atoms with Crippen molar-refractivity contribution in [3.05, 3.63) is 21.9 Å². The van der Waals surface area contributed by atoms with E-state index in [1.807, 2.05) is 11.4 Å². The zero-order valence-electron chi connectivity index (χ0n) is 11.2. The van der Waals surface area contributed by atoms with E-state index in [4.69, 9.17) is 5.73 Å². The van der Waals surface area contributed by atoms with Crippen LogP contribution in [0.4, 0.5) is 0 Å². The van der Waals surface area contributed by atoms with Gasteiger partial charge in [0.25, 0.3) is 5.91 Å². The van der Waals surface area contributed by atoms with Crippen LogP contribution in [0.2, 0.25) is 0 Å². The molecular weight excluding hydrogens is 256 g/mol. The molecule has 3 N–H and O–H groups in total. The lowest BCUT2D eigenvalue weighted by molar-refractivity contribution is 0.0931. The summed E-state index contributed by atoms with van der Waals surface area (Å²) < 4.78 is 0. The van der Waals surface area contributed by atoms with Gasteiger partial charge in [-0.25, -0.2) is 0 Å². The number of nitrogens with two attached hydrogens (primary N) is 1. The zero-order chi connectivity index (χ0) is 13.7. The number of nitrogens with one attached hydrogen (secondary N) is 1. The van der Waals surface area contributed by atoms with Gasteiger partial charge in [0.15, 0.2) is 0 Å². The van der Waals surface area contributed by atoms with Crippen LogP contribution in [0.15, 0.2) is 11.4 Å². The van der Waals surface area contributed by atoms with Gasteiger partial charge in [-0.1, -0.05) is 24.7 Å². The van der Waals surface area contributed by atoms with Crippen molar-refractivity contribution in [1.29, 1.82) is 0 Å². The van der Waals surface area contributed by atoms with Crippen LogP contribution in [-0.2, 0) is 0 Å². The lowest BCUT2D eigenvalue weighted by Gasteiger charge is -2.20. The first-order valence-electron chi connectivity index (χ1n) is 6.79. The Morgan fingerprint density at radius 3 is 3.00 bits per heavy atom. The van der Waals surface area contributed by atoms with Crippen molar-refractivity contribution < 1.29 is 4.79 Å². The normalized spacial score (nSPS) is 16.7. The highest BCUT2D eigenvalue weighted by atomic mass is 32.1. The second-order valence-corrected chi connectivity index (χ2v) is 5.89. The second-order valence-electron chi connectivity index (χ2n) is 4.98. The molecule has 1 aliphatic rings. The third kappa shape index (κ3) is 3.59. The average Bonchev–Trinajstić information content (AvgIpc) is 3.07. The highest BCUT2D eigenvalue weighted by Crippen LogP contribution is 2.28. The van der Waals surface area contributed by atoms with Crippen LogP contribution in [0.25, 0.3) is 0 Å². The first kappa shape index (κ1) is 14.1. The monoisotopic (exact) mass is 276 g/mol. The maximum Gasteiger partial charge on any atom is 0.262 e. The van der Waals surface area contributed by atoms with Crippen molar-refractivity contribution in [3.63, 3.8) is 0 Å². The number of carbonyl (C=O) groups is 1. The maximum atomic E-state index is 12.3. The van der Waals surface area contributed by atoms with Crippen LogP contribution in [0, 0.1) is 17.8 Å². The van der Waals surface area contributed by atoms with Gasteiger partial charge in [-0.15, -0.1) is 11.3 Å². The van der Waals surface area contributed by atoms with E-state index in [1.165, 1.54) is 37.0 Å². The Morgan fingerprint density at radius 2 is 2.32 bits per heavy atom. The Balaban J connectivity index is 2.01. The summed E-state index contributed by atoms with van der Waals surface area (Å²) in [5, 5.41) is 5.01. The first-order valence-corrected chi connectivity index (χ1v) is 7.67. The highest BCUT2D eigenvalue weighted by Gasteiger charge is 2.24. The molecule has 1 aromatic heterocycles. The maximum absolute atomic E-state index is 12.3. The van der Waals surface area contributed by atoms with Crippen LogP contribution in [0.1, 0.15) is 47.8 Å². The quantitative estimate of drug-likeness (QED) is 0.833. The smallest absolute Gasteiger partial charge is 0.262 e. The highest BCUT2D eigenvalue weighted by molar-refractivity contribution is 7.12. The summed E-state index contributed by atoms with van der Waals surface area (Å²) in [5.41, 5.74) is 6.15. The Labute approximate surface area is 118 Å². The van der Waals surface area contributed by atoms with Gasteiger partial charge >= 0.3 is 0 Å². The van der Waals surface area contributed by atoms with E-state index in [1.54, 1.807) is 0 Å². The lowest BCUT2D eigenvalue weighted by Crippen LogP contribution is -2.37. The van der Waals surface area contributed by atoms with Crippen molar-refractivity contribution >= 4 is 17.2 Å². The van der Waals surface area contributed by atoms with Crippen molar-refractivity contribution in [2.75, 3.05) is 6.54 Å². The van der Waals surface area contributed by atoms with E-state index in [9.17, 15) is 4.79 Å². The number of thiophene rings is 1. The summed E-state index contributed by atoms with van der Waals surface area (Å²) in [5.74, 6) is 6.37. The second kappa shape index (κ2) is 6.74. The fraction of sp³-hybridized carbons (Fsp3) is 0.533. The van der Waals surface area contributed by atoms with E-state index in [2.05, 4.69) is 24.1 Å². The average molecular weight is 276 g/mol. The van der Waals surface area contributed by atoms with E-state index < -0.39 is 0 Å². The summed E-state index contributed by atoms with van der Waals surface area (Å²) in [6.07, 6.45) is 5.03. The largest absolute Gasteiger partial charge is 0.349 e. The van der Waals surface area contributed by atoms with Gasteiger partial charge in [0.05, 0.1) is 6.54 Å². The molecule has 1 heterocycles. The van der Waals surface area contributed by atoms with Gasteiger partial charge in [-0.3, -0.25) is 4.79 Å². The van der Waals surface area contributed by atoms with Crippen molar-refractivity contribution in [3.8, 4) is 11.8 Å². The molecule has 19 heavy (non-hydrogen) atoms. The number of hydrogen-bond acceptors (Lipinski definition) is 3. The molecule has 2 rings (SSSR count). The van der Waals surface area contributed by atoms with Gasteiger partial charge in [0.2, 0.25) is 0 Å². The summed E-state index contributed by atoms with van der Waals surface area (Å²) in [6.45, 7) is 2.42. The topological polar surface area (TPSA) is 55.1 Å². The predicted molar refractivity (Wildman–Crippen MR) is 79.1 cm³/mol. The van der Waals surface area contributed by atoms with E-state index >= 15 is 0 Å². The van der Waals surface area contributed by atoms with Gasteiger partial charge in [-0.2, -0.15) is 0 Å². The third-order valence-corrected chi connectivity index (χ3v) is 4.58. The minimum atomic E-state index is -0.00396. The molecule has 0 radical (unpaired) electrons. The fourth-order valence-electron chi connectivity index (χ4n) is 2.58. The Bertz CT molecular complexity index is 492. The number of amides is 1. The van der Waals surface area contributed by atoms with E-state index in [0.29, 0.717) is 17.3 Å². The molecule has 4 heteroatoms. The van der Waals surface area contributed by atoms with Crippen LogP contribution in [0.3, 0.4) is 0 Å². The molecule has 1 saturated carbocycles. The van der Waals surface area contributed by atoms with Crippen molar-refractivity contribution in [2.24, 2.45) is 11.7 Å². The third-order valence-electron chi connectivity index (χ3n) is 3.66. The van der Waals surface area contributed by atoms with Crippen LogP contribution in [-0.4, -0.2) is 18.5 Å². The molecule has 1 unspecified atom stereocenters. The van der Waals surface area contributed by atoms with Crippen LogP contribution >= 0.6 is 11.3 Å². The van der Waals surface area contributed by atoms with Crippen LogP contribution in [0.5, 0.6) is 0 Å². The molecular formula is C15H20N2OS. The molecule has 1 aliphatic carbocycles. The molecule has 1 atom stereocenters. The molecule has 1 amide bonds. The lowest BCUT2D eigenvalue weighted by atomic mass is 10.00. The summed E-state index contributed by atoms with van der Waals surface area (Å²) >= 11 is 1.44. The Hall–Kier alpha value is -1.31. The standard InChI is InChI=1S/C15H20N2OS/c1-11(12-5-2-3-6-12)17-15(18)14-13(7-4-9-16)8-10-19-14/h8,10-12H,2-3,5-6,9,16H2,1H3,(H,17,18). The van der Waals surface area contributed by atoms with E-state index in [0.717, 1.165) is 5.56 Å². The number of carbonyl (C=O) groups excluding carboxylic acids is 1. The molecule has 0 spiro atoms. The molecule has 0 aliphatic heterocycles. The van der Waals surface area contributed by atoms with Gasteiger partial charge in [0, 0.05) is 11.6 Å². The van der Waals surface area contributed by atoms with Gasteiger partial charge < -0.3 is 11.1 Å². The molecule has 1 aromatic rings. The Morgan fingerprint density at radius 1 is 1.58 bits per heavy atom. The minimum absolute atomic E-state index is 0.00396. The van der Waals surface area contributed by atoms with Crippen LogP contribution < -0.4 is 11.1 Å². The van der Waals surface area contributed by atoms with Crippen molar-refractivity contribution in [2.45, 2.75) is 38.6 Å². The fourth-order valence-corrected chi connectivity index (χ4v) is 3.33. The summed E-state index contributed by atoms with van der Waals surface area (Å²) in [4.78, 5) is 13.0. The SMILES string of the molecule is CC(NC(=O)c1sccc1C#CCN)C1CCCC1. The number of hydrogen-bond donors (Lipinski definition) is 2. The minimum Gasteiger partial charge on any atom is -0.349 e. The number of rotatable bonds is 3. The Kier molecular flexibility index (Phi) is 5.00. The zero-order valence-corrected chi connectivity index (χ0v) is 12.1. The molecule has 0 bridgehead atoms. The van der Waals surface area contributed by atoms with Gasteiger partial charge in [-0.05, 0) is 37.1 Å². The van der Waals surface area contributed by atoms with E-state index in [-0.39, 0.29) is 11.9 Å². The summed E-state index contributed by atoms with van der Waals surface area (Å²) in [6, 6.07) is 2.12. The molecule has 1 fully saturated rings. The van der Waals surface area contributed by atoms with Gasteiger partial charge in [0.1, 0.15) is 4.88 Å². The first-order chi connectivity index (χ1) is 9.22. The summed E-state index contributed by atoms with van der Waals surface area (Å²) in [7, 11) is 0. The molecule has 0 aromatic carbocycles.